The first kappa shape index (κ1) is 19.0. The van der Waals surface area contributed by atoms with Gasteiger partial charge in [-0.1, -0.05) is 25.7 Å². The molecule has 0 spiro atoms. The zero-order valence-electron chi connectivity index (χ0n) is 16.6. The maximum atomic E-state index is 12.5. The van der Waals surface area contributed by atoms with E-state index in [1.165, 1.54) is 51.4 Å². The molecule has 1 N–H and O–H groups in total. The van der Waals surface area contributed by atoms with Crippen LogP contribution >= 0.6 is 0 Å². The van der Waals surface area contributed by atoms with Crippen molar-refractivity contribution in [3.63, 3.8) is 0 Å². The summed E-state index contributed by atoms with van der Waals surface area (Å²) in [4.78, 5) is 14.5. The normalized spacial score (nSPS) is 33.6. The molecule has 3 fully saturated rings. The highest BCUT2D eigenvalue weighted by molar-refractivity contribution is 5.68. The lowest BCUT2D eigenvalue weighted by molar-refractivity contribution is 0.00917. The minimum atomic E-state index is -0.411. The van der Waals surface area contributed by atoms with E-state index in [1.54, 1.807) is 0 Å². The molecule has 0 aromatic heterocycles. The molecule has 4 unspecified atom stereocenters. The van der Waals surface area contributed by atoms with Gasteiger partial charge in [-0.2, -0.15) is 0 Å². The van der Waals surface area contributed by atoms with Gasteiger partial charge in [0.05, 0.1) is 0 Å². The van der Waals surface area contributed by atoms with Crippen LogP contribution in [0.2, 0.25) is 0 Å². The summed E-state index contributed by atoms with van der Waals surface area (Å²) in [5, 5.41) is 3.82. The van der Waals surface area contributed by atoms with Gasteiger partial charge in [-0.25, -0.2) is 4.79 Å². The fourth-order valence-electron chi connectivity index (χ4n) is 5.14. The molecule has 0 bridgehead atoms. The smallest absolute Gasteiger partial charge is 0.410 e. The zero-order valence-corrected chi connectivity index (χ0v) is 16.6. The van der Waals surface area contributed by atoms with Crippen LogP contribution in [0, 0.1) is 11.8 Å². The average molecular weight is 351 g/mol. The molecule has 2 saturated carbocycles. The molecule has 1 saturated heterocycles. The highest BCUT2D eigenvalue weighted by atomic mass is 16.6. The van der Waals surface area contributed by atoms with Crippen LogP contribution in [0.25, 0.3) is 0 Å². The molecule has 3 rings (SSSR count). The van der Waals surface area contributed by atoms with Crippen LogP contribution in [0.4, 0.5) is 4.79 Å². The van der Waals surface area contributed by atoms with Crippen LogP contribution in [0.1, 0.15) is 85.0 Å². The van der Waals surface area contributed by atoms with E-state index < -0.39 is 5.60 Å². The van der Waals surface area contributed by atoms with E-state index in [0.717, 1.165) is 37.8 Å². The lowest BCUT2D eigenvalue weighted by Gasteiger charge is -2.41. The van der Waals surface area contributed by atoms with Gasteiger partial charge in [-0.15, -0.1) is 0 Å². The fourth-order valence-corrected chi connectivity index (χ4v) is 5.14. The van der Waals surface area contributed by atoms with Gasteiger partial charge in [-0.3, -0.25) is 0 Å². The summed E-state index contributed by atoms with van der Waals surface area (Å²) in [6.07, 6.45) is 13.2. The largest absolute Gasteiger partial charge is 0.444 e. The van der Waals surface area contributed by atoms with Gasteiger partial charge in [0.15, 0.2) is 0 Å². The molecule has 0 aromatic carbocycles. The first-order valence-corrected chi connectivity index (χ1v) is 10.7. The lowest BCUT2D eigenvalue weighted by Crippen LogP contribution is -2.52. The Balaban J connectivity index is 1.49. The van der Waals surface area contributed by atoms with Crippen molar-refractivity contribution in [1.29, 1.82) is 0 Å². The summed E-state index contributed by atoms with van der Waals surface area (Å²) in [6, 6.07) is 0.953. The second kappa shape index (κ2) is 8.28. The van der Waals surface area contributed by atoms with E-state index in [9.17, 15) is 4.79 Å². The minimum Gasteiger partial charge on any atom is -0.444 e. The predicted octanol–water partition coefficient (Wildman–Crippen LogP) is 4.72. The summed E-state index contributed by atoms with van der Waals surface area (Å²) in [5.41, 5.74) is -0.411. The van der Waals surface area contributed by atoms with Crippen LogP contribution in [-0.2, 0) is 4.74 Å². The monoisotopic (exact) mass is 350 g/mol. The Bertz CT molecular complexity index is 446. The third kappa shape index (κ3) is 5.35. The van der Waals surface area contributed by atoms with Gasteiger partial charge >= 0.3 is 6.09 Å². The van der Waals surface area contributed by atoms with Gasteiger partial charge in [0.25, 0.3) is 0 Å². The summed E-state index contributed by atoms with van der Waals surface area (Å²) < 4.78 is 5.63. The molecule has 0 aromatic rings. The molecule has 3 aliphatic rings. The van der Waals surface area contributed by atoms with Crippen molar-refractivity contribution < 1.29 is 9.53 Å². The molecule has 4 nitrogen and oxygen atoms in total. The van der Waals surface area contributed by atoms with Crippen LogP contribution in [-0.4, -0.2) is 41.8 Å². The molecule has 4 heteroatoms. The van der Waals surface area contributed by atoms with Crippen molar-refractivity contribution in [3.05, 3.63) is 0 Å². The Morgan fingerprint density at radius 1 is 1.00 bits per heavy atom. The average Bonchev–Trinajstić information content (AvgIpc) is 2.58. The third-order valence-electron chi connectivity index (χ3n) is 6.44. The van der Waals surface area contributed by atoms with Gasteiger partial charge < -0.3 is 15.0 Å². The minimum absolute atomic E-state index is 0.130. The summed E-state index contributed by atoms with van der Waals surface area (Å²) in [7, 11) is 0. The number of nitrogens with one attached hydrogen (secondary N) is 1. The third-order valence-corrected chi connectivity index (χ3v) is 6.44. The Labute approximate surface area is 154 Å². The Hall–Kier alpha value is -0.770. The number of hydrogen-bond donors (Lipinski definition) is 1. The SMILES string of the molecule is CC(C)(C)OC(=O)N1CCCCC1CNC1CCC2CCCCC2C1. The van der Waals surface area contributed by atoms with Gasteiger partial charge in [0.1, 0.15) is 5.60 Å². The topological polar surface area (TPSA) is 41.6 Å². The second-order valence-corrected chi connectivity index (χ2v) is 9.55. The maximum Gasteiger partial charge on any atom is 0.410 e. The summed E-state index contributed by atoms with van der Waals surface area (Å²) in [6.45, 7) is 7.62. The molecule has 2 aliphatic carbocycles. The number of nitrogens with zero attached hydrogens (tertiary/aromatic N) is 1. The number of piperidine rings is 1. The van der Waals surface area contributed by atoms with E-state index in [1.807, 2.05) is 25.7 Å². The van der Waals surface area contributed by atoms with Crippen molar-refractivity contribution in [1.82, 2.24) is 10.2 Å². The lowest BCUT2D eigenvalue weighted by atomic mass is 9.69. The van der Waals surface area contributed by atoms with Crippen molar-refractivity contribution in [3.8, 4) is 0 Å². The molecule has 1 heterocycles. The summed E-state index contributed by atoms with van der Waals surface area (Å²) >= 11 is 0. The van der Waals surface area contributed by atoms with Crippen LogP contribution in [0.15, 0.2) is 0 Å². The second-order valence-electron chi connectivity index (χ2n) is 9.55. The Morgan fingerprint density at radius 3 is 2.48 bits per heavy atom. The Kier molecular flexibility index (Phi) is 6.30. The maximum absolute atomic E-state index is 12.5. The fraction of sp³-hybridized carbons (Fsp3) is 0.952. The standard InChI is InChI=1S/C21H38N2O2/c1-21(2,3)25-20(24)23-13-7-6-10-19(23)15-22-18-12-11-16-8-4-5-9-17(16)14-18/h16-19,22H,4-15H2,1-3H3. The molecule has 0 radical (unpaired) electrons. The number of ether oxygens (including phenoxy) is 1. The number of carbonyl (C=O) groups is 1. The molecule has 4 atom stereocenters. The Morgan fingerprint density at radius 2 is 1.72 bits per heavy atom. The number of carbonyl (C=O) groups excluding carboxylic acids is 1. The van der Waals surface area contributed by atoms with Crippen molar-refractivity contribution in [2.24, 2.45) is 11.8 Å². The molecular formula is C21H38N2O2. The predicted molar refractivity (Wildman–Crippen MR) is 102 cm³/mol. The van der Waals surface area contributed by atoms with Gasteiger partial charge in [0.2, 0.25) is 0 Å². The highest BCUT2D eigenvalue weighted by Crippen LogP contribution is 2.40. The quantitative estimate of drug-likeness (QED) is 0.800. The van der Waals surface area contributed by atoms with Crippen molar-refractivity contribution in [2.75, 3.05) is 13.1 Å². The van der Waals surface area contributed by atoms with Crippen LogP contribution in [0.5, 0.6) is 0 Å². The first-order valence-electron chi connectivity index (χ1n) is 10.7. The van der Waals surface area contributed by atoms with Gasteiger partial charge in [0, 0.05) is 25.2 Å². The van der Waals surface area contributed by atoms with Gasteiger partial charge in [-0.05, 0) is 71.1 Å². The number of amides is 1. The molecular weight excluding hydrogens is 312 g/mol. The number of hydrogen-bond acceptors (Lipinski definition) is 3. The number of likely N-dealkylation sites (tertiary alicyclic amines) is 1. The van der Waals surface area contributed by atoms with E-state index in [2.05, 4.69) is 5.32 Å². The van der Waals surface area contributed by atoms with E-state index in [0.29, 0.717) is 12.1 Å². The number of fused-ring (bicyclic) bond motifs is 1. The van der Waals surface area contributed by atoms with E-state index in [-0.39, 0.29) is 6.09 Å². The molecule has 1 aliphatic heterocycles. The highest BCUT2D eigenvalue weighted by Gasteiger charge is 2.34. The van der Waals surface area contributed by atoms with E-state index in [4.69, 9.17) is 4.74 Å². The van der Waals surface area contributed by atoms with E-state index >= 15 is 0 Å². The van der Waals surface area contributed by atoms with Crippen LogP contribution in [0.3, 0.4) is 0 Å². The van der Waals surface area contributed by atoms with Crippen molar-refractivity contribution >= 4 is 6.09 Å². The zero-order chi connectivity index (χ0) is 17.9. The van der Waals surface area contributed by atoms with Crippen molar-refractivity contribution in [2.45, 2.75) is 103 Å². The number of rotatable bonds is 3. The summed E-state index contributed by atoms with van der Waals surface area (Å²) in [5.74, 6) is 1.95. The molecule has 144 valence electrons. The molecule has 25 heavy (non-hydrogen) atoms. The molecule has 1 amide bonds. The first-order chi connectivity index (χ1) is 11.9. The van der Waals surface area contributed by atoms with Crippen LogP contribution < -0.4 is 5.32 Å².